The van der Waals surface area contributed by atoms with E-state index in [1.807, 2.05) is 0 Å². The van der Waals surface area contributed by atoms with Gasteiger partial charge in [0.25, 0.3) is 5.69 Å². The molecule has 4 N–H and O–H groups in total. The number of phosphoric ester groups is 1. The van der Waals surface area contributed by atoms with Gasteiger partial charge in [0.05, 0.1) is 15.9 Å². The number of phosphoric acid groups is 1. The fraction of sp³-hybridized carbons (Fsp3) is 0.400. The van der Waals surface area contributed by atoms with Gasteiger partial charge in [-0.25, -0.2) is 13.0 Å². The lowest BCUT2D eigenvalue weighted by Gasteiger charge is -2.31. The van der Waals surface area contributed by atoms with E-state index < -0.39 is 41.5 Å². The lowest BCUT2D eigenvalue weighted by atomic mass is 10.0. The maximum atomic E-state index is 13.3. The maximum Gasteiger partial charge on any atom is 0.469 e. The highest BCUT2D eigenvalue weighted by Crippen LogP contribution is 2.39. The minimum absolute atomic E-state index is 0.0123. The maximum absolute atomic E-state index is 13.3. The molecule has 0 aliphatic carbocycles. The van der Waals surface area contributed by atoms with Crippen LogP contribution < -0.4 is 5.73 Å². The molecule has 11 nitrogen and oxygen atoms in total. The van der Waals surface area contributed by atoms with E-state index in [9.17, 15) is 32.9 Å². The number of non-ortho nitro benzene ring substituents is 1. The van der Waals surface area contributed by atoms with Crippen LogP contribution in [0.5, 0.6) is 0 Å². The molecule has 0 saturated carbocycles. The summed E-state index contributed by atoms with van der Waals surface area (Å²) < 4.78 is 44.1. The molecular formula is C20H28N3O8PS. The van der Waals surface area contributed by atoms with Crippen LogP contribution in [0, 0.1) is 16.0 Å². The molecule has 1 unspecified atom stereocenters. The molecule has 0 bridgehead atoms. The molecule has 0 amide bonds. The minimum atomic E-state index is -4.99. The Balaban J connectivity index is 2.37. The zero-order valence-electron chi connectivity index (χ0n) is 18.2. The van der Waals surface area contributed by atoms with Crippen molar-refractivity contribution in [3.8, 4) is 0 Å². The molecule has 2 aromatic carbocycles. The summed E-state index contributed by atoms with van der Waals surface area (Å²) in [5.41, 5.74) is 6.73. The number of benzene rings is 2. The van der Waals surface area contributed by atoms with E-state index in [-0.39, 0.29) is 29.5 Å². The summed E-state index contributed by atoms with van der Waals surface area (Å²) in [5, 5.41) is 10.9. The zero-order valence-corrected chi connectivity index (χ0v) is 19.9. The van der Waals surface area contributed by atoms with Crippen molar-refractivity contribution in [1.29, 1.82) is 0 Å². The third-order valence-corrected chi connectivity index (χ3v) is 7.09. The van der Waals surface area contributed by atoms with E-state index in [1.165, 1.54) is 0 Å². The molecule has 0 spiro atoms. The minimum Gasteiger partial charge on any atom is -0.325 e. The predicted molar refractivity (Wildman–Crippen MR) is 122 cm³/mol. The van der Waals surface area contributed by atoms with Gasteiger partial charge in [-0.2, -0.15) is 4.31 Å². The van der Waals surface area contributed by atoms with Crippen molar-refractivity contribution in [1.82, 2.24) is 4.31 Å². The van der Waals surface area contributed by atoms with Crippen LogP contribution in [0.25, 0.3) is 0 Å². The van der Waals surface area contributed by atoms with E-state index >= 15 is 0 Å². The first kappa shape index (κ1) is 27.1. The Kier molecular flexibility index (Phi) is 9.27. The monoisotopic (exact) mass is 501 g/mol. The number of sulfonamides is 1. The molecule has 2 atom stereocenters. The fourth-order valence-corrected chi connectivity index (χ4v) is 5.40. The summed E-state index contributed by atoms with van der Waals surface area (Å²) in [6.45, 7) is 3.15. The van der Waals surface area contributed by atoms with Gasteiger partial charge in [0.1, 0.15) is 0 Å². The highest BCUT2D eigenvalue weighted by Gasteiger charge is 2.34. The SMILES string of the molecule is CC(C)CN(CC(OP(=O)(O)O)[C@@H](N)Cc1ccccc1)S(=O)(=O)c1ccc([N+](=O)[O-])cc1. The highest BCUT2D eigenvalue weighted by atomic mass is 32.2. The Morgan fingerprint density at radius 3 is 2.15 bits per heavy atom. The number of nitrogens with two attached hydrogens (primary N) is 1. The molecule has 2 aromatic rings. The molecule has 13 heteroatoms. The van der Waals surface area contributed by atoms with Crippen LogP contribution in [0.2, 0.25) is 0 Å². The lowest BCUT2D eigenvalue weighted by molar-refractivity contribution is -0.384. The Morgan fingerprint density at radius 1 is 1.09 bits per heavy atom. The normalized spacial score (nSPS) is 14.4. The summed E-state index contributed by atoms with van der Waals surface area (Å²) in [4.78, 5) is 28.9. The van der Waals surface area contributed by atoms with Gasteiger partial charge >= 0.3 is 7.82 Å². The van der Waals surface area contributed by atoms with Gasteiger partial charge in [0.2, 0.25) is 10.0 Å². The zero-order chi connectivity index (χ0) is 24.8. The second-order valence-corrected chi connectivity index (χ2v) is 11.1. The van der Waals surface area contributed by atoms with Crippen LogP contribution in [-0.4, -0.2) is 52.7 Å². The molecule has 2 rings (SSSR count). The second kappa shape index (κ2) is 11.3. The van der Waals surface area contributed by atoms with Gasteiger partial charge in [-0.05, 0) is 30.0 Å². The van der Waals surface area contributed by atoms with Crippen molar-refractivity contribution in [3.05, 3.63) is 70.3 Å². The van der Waals surface area contributed by atoms with Gasteiger partial charge in [-0.3, -0.25) is 14.6 Å². The van der Waals surface area contributed by atoms with E-state index in [2.05, 4.69) is 0 Å². The summed E-state index contributed by atoms with van der Waals surface area (Å²) in [6.07, 6.45) is -1.13. The van der Waals surface area contributed by atoms with Crippen molar-refractivity contribution < 1.29 is 32.2 Å². The lowest BCUT2D eigenvalue weighted by Crippen LogP contribution is -2.48. The van der Waals surface area contributed by atoms with Crippen LogP contribution in [0.15, 0.2) is 59.5 Å². The van der Waals surface area contributed by atoms with E-state index in [0.29, 0.717) is 0 Å². The first-order chi connectivity index (χ1) is 15.3. The first-order valence-corrected chi connectivity index (χ1v) is 13.0. The van der Waals surface area contributed by atoms with Crippen LogP contribution in [0.1, 0.15) is 19.4 Å². The summed E-state index contributed by atoms with van der Waals surface area (Å²) in [5.74, 6) is -0.140. The predicted octanol–water partition coefficient (Wildman–Crippen LogP) is 2.29. The summed E-state index contributed by atoms with van der Waals surface area (Å²) >= 11 is 0. The topological polar surface area (TPSA) is 173 Å². The van der Waals surface area contributed by atoms with Gasteiger partial charge in [-0.1, -0.05) is 44.2 Å². The van der Waals surface area contributed by atoms with Gasteiger partial charge in [0, 0.05) is 31.3 Å². The average molecular weight is 501 g/mol. The highest BCUT2D eigenvalue weighted by molar-refractivity contribution is 7.89. The van der Waals surface area contributed by atoms with Gasteiger partial charge in [0.15, 0.2) is 0 Å². The number of hydrogen-bond acceptors (Lipinski definition) is 7. The molecule has 182 valence electrons. The number of nitro groups is 1. The molecule has 0 aliphatic heterocycles. The standard InChI is InChI=1S/C20H28N3O8PS/c1-15(2)13-22(33(29,30)18-10-8-17(9-11-18)23(24)25)14-20(31-32(26,27)28)19(21)12-16-6-4-3-5-7-16/h3-11,15,19-20H,12-14,21H2,1-2H3,(H2,26,27,28)/t19-,20?/m0/s1. The van der Waals surface area contributed by atoms with E-state index in [4.69, 9.17) is 10.3 Å². The second-order valence-electron chi connectivity index (χ2n) is 7.95. The molecule has 33 heavy (non-hydrogen) atoms. The molecule has 0 saturated heterocycles. The van der Waals surface area contributed by atoms with Crippen molar-refractivity contribution >= 4 is 23.5 Å². The Hall–Kier alpha value is -2.18. The molecule has 0 fully saturated rings. The van der Waals surface area contributed by atoms with Crippen molar-refractivity contribution in [2.45, 2.75) is 37.3 Å². The quantitative estimate of drug-likeness (QED) is 0.224. The van der Waals surface area contributed by atoms with Crippen LogP contribution in [-0.2, 0) is 25.5 Å². The van der Waals surface area contributed by atoms with Crippen molar-refractivity contribution in [2.75, 3.05) is 13.1 Å². The number of nitrogens with zero attached hydrogens (tertiary/aromatic N) is 2. The largest absolute Gasteiger partial charge is 0.469 e. The van der Waals surface area contributed by atoms with Gasteiger partial charge in [-0.15, -0.1) is 0 Å². The third-order valence-electron chi connectivity index (χ3n) is 4.70. The van der Waals surface area contributed by atoms with Crippen LogP contribution in [0.4, 0.5) is 5.69 Å². The molecular weight excluding hydrogens is 473 g/mol. The van der Waals surface area contributed by atoms with E-state index in [0.717, 1.165) is 34.1 Å². The fourth-order valence-electron chi connectivity index (χ4n) is 3.21. The Labute approximate surface area is 192 Å². The molecule has 0 aromatic heterocycles. The third kappa shape index (κ3) is 8.27. The number of rotatable bonds is 12. The summed E-state index contributed by atoms with van der Waals surface area (Å²) in [7, 11) is -9.16. The van der Waals surface area contributed by atoms with Crippen LogP contribution in [0.3, 0.4) is 0 Å². The first-order valence-electron chi connectivity index (χ1n) is 10.1. The van der Waals surface area contributed by atoms with Crippen molar-refractivity contribution in [3.63, 3.8) is 0 Å². The number of nitro benzene ring substituents is 1. The van der Waals surface area contributed by atoms with E-state index in [1.54, 1.807) is 44.2 Å². The summed E-state index contributed by atoms with van der Waals surface area (Å²) in [6, 6.07) is 12.4. The smallest absolute Gasteiger partial charge is 0.325 e. The van der Waals surface area contributed by atoms with Crippen molar-refractivity contribution in [2.24, 2.45) is 11.7 Å². The Bertz CT molecular complexity index is 1070. The average Bonchev–Trinajstić information content (AvgIpc) is 2.72. The van der Waals surface area contributed by atoms with Crippen LogP contribution >= 0.6 is 7.82 Å². The van der Waals surface area contributed by atoms with Gasteiger partial charge < -0.3 is 15.5 Å². The molecule has 0 radical (unpaired) electrons. The molecule has 0 aliphatic rings. The Morgan fingerprint density at radius 2 is 1.67 bits per heavy atom. The number of hydrogen-bond donors (Lipinski definition) is 3. The molecule has 0 heterocycles.